The largest absolute Gasteiger partial charge is 0.459 e. The first-order chi connectivity index (χ1) is 8.52. The SMILES string of the molecule is O=[N+]([O-])c1cc(-c2ccc(CO)o2)c(F)cc1F. The second kappa shape index (κ2) is 4.53. The average molecular weight is 255 g/mol. The minimum absolute atomic E-state index is 0.0142. The van der Waals surface area contributed by atoms with E-state index in [1.807, 2.05) is 0 Å². The minimum Gasteiger partial charge on any atom is -0.459 e. The van der Waals surface area contributed by atoms with Gasteiger partial charge in [0.15, 0.2) is 0 Å². The number of nitro benzene ring substituents is 1. The Kier molecular flexibility index (Phi) is 3.07. The monoisotopic (exact) mass is 255 g/mol. The van der Waals surface area contributed by atoms with Crippen molar-refractivity contribution >= 4 is 5.69 Å². The van der Waals surface area contributed by atoms with Gasteiger partial charge in [0.05, 0.1) is 10.5 Å². The van der Waals surface area contributed by atoms with Crippen molar-refractivity contribution in [3.63, 3.8) is 0 Å². The van der Waals surface area contributed by atoms with Gasteiger partial charge in [0.1, 0.15) is 23.9 Å². The fourth-order valence-electron chi connectivity index (χ4n) is 1.47. The predicted octanol–water partition coefficient (Wildman–Crippen LogP) is 2.63. The van der Waals surface area contributed by atoms with Crippen molar-refractivity contribution in [2.45, 2.75) is 6.61 Å². The van der Waals surface area contributed by atoms with E-state index in [1.54, 1.807) is 0 Å². The highest BCUT2D eigenvalue weighted by Crippen LogP contribution is 2.30. The van der Waals surface area contributed by atoms with Crippen LogP contribution in [0, 0.1) is 21.7 Å². The van der Waals surface area contributed by atoms with Gasteiger partial charge >= 0.3 is 5.69 Å². The average Bonchev–Trinajstić information content (AvgIpc) is 2.77. The lowest BCUT2D eigenvalue weighted by Gasteiger charge is -2.01. The van der Waals surface area contributed by atoms with E-state index in [-0.39, 0.29) is 23.7 Å². The van der Waals surface area contributed by atoms with Crippen LogP contribution >= 0.6 is 0 Å². The number of aliphatic hydroxyl groups excluding tert-OH is 1. The molecule has 1 aromatic heterocycles. The number of halogens is 2. The second-order valence-electron chi connectivity index (χ2n) is 3.46. The summed E-state index contributed by atoms with van der Waals surface area (Å²) in [5.74, 6) is -2.07. The highest BCUT2D eigenvalue weighted by Gasteiger charge is 2.20. The van der Waals surface area contributed by atoms with E-state index in [4.69, 9.17) is 9.52 Å². The highest BCUT2D eigenvalue weighted by atomic mass is 19.1. The van der Waals surface area contributed by atoms with Crippen LogP contribution < -0.4 is 0 Å². The first kappa shape index (κ1) is 12.2. The lowest BCUT2D eigenvalue weighted by Crippen LogP contribution is -1.95. The van der Waals surface area contributed by atoms with E-state index >= 15 is 0 Å². The molecule has 2 rings (SSSR count). The molecule has 1 heterocycles. The Bertz CT molecular complexity index is 609. The van der Waals surface area contributed by atoms with Crippen LogP contribution in [0.3, 0.4) is 0 Å². The van der Waals surface area contributed by atoms with Crippen molar-refractivity contribution in [2.75, 3.05) is 0 Å². The first-order valence-corrected chi connectivity index (χ1v) is 4.86. The molecule has 1 aromatic carbocycles. The Morgan fingerprint density at radius 1 is 1.28 bits per heavy atom. The number of nitro groups is 1. The molecule has 0 bridgehead atoms. The van der Waals surface area contributed by atoms with Gasteiger partial charge in [0.25, 0.3) is 0 Å². The molecule has 1 N–H and O–H groups in total. The minimum atomic E-state index is -1.25. The number of benzene rings is 1. The van der Waals surface area contributed by atoms with Gasteiger partial charge in [-0.1, -0.05) is 0 Å². The molecule has 0 atom stereocenters. The Morgan fingerprint density at radius 2 is 2.00 bits per heavy atom. The zero-order valence-corrected chi connectivity index (χ0v) is 8.89. The molecule has 7 heteroatoms. The molecule has 5 nitrogen and oxygen atoms in total. The zero-order chi connectivity index (χ0) is 13.3. The Labute approximate surface area is 99.4 Å². The number of hydrogen-bond acceptors (Lipinski definition) is 4. The molecular formula is C11H7F2NO4. The van der Waals surface area contributed by atoms with Gasteiger partial charge in [-0.15, -0.1) is 0 Å². The number of furan rings is 1. The summed E-state index contributed by atoms with van der Waals surface area (Å²) < 4.78 is 31.7. The van der Waals surface area contributed by atoms with Crippen LogP contribution in [-0.4, -0.2) is 10.0 Å². The number of aliphatic hydroxyl groups is 1. The fraction of sp³-hybridized carbons (Fsp3) is 0.0909. The third kappa shape index (κ3) is 2.07. The molecule has 18 heavy (non-hydrogen) atoms. The zero-order valence-electron chi connectivity index (χ0n) is 8.89. The van der Waals surface area contributed by atoms with Crippen LogP contribution in [0.25, 0.3) is 11.3 Å². The van der Waals surface area contributed by atoms with Crippen molar-refractivity contribution in [1.29, 1.82) is 0 Å². The number of rotatable bonds is 3. The van der Waals surface area contributed by atoms with Gasteiger partial charge in [-0.05, 0) is 12.1 Å². The maximum Gasteiger partial charge on any atom is 0.305 e. The summed E-state index contributed by atoms with van der Waals surface area (Å²) in [4.78, 5) is 9.60. The van der Waals surface area contributed by atoms with Crippen molar-refractivity contribution in [2.24, 2.45) is 0 Å². The van der Waals surface area contributed by atoms with E-state index < -0.39 is 22.2 Å². The summed E-state index contributed by atoms with van der Waals surface area (Å²) in [5, 5.41) is 19.3. The van der Waals surface area contributed by atoms with E-state index in [9.17, 15) is 18.9 Å². The Morgan fingerprint density at radius 3 is 2.56 bits per heavy atom. The maximum atomic E-state index is 13.5. The van der Waals surface area contributed by atoms with Crippen molar-refractivity contribution in [3.8, 4) is 11.3 Å². The topological polar surface area (TPSA) is 76.5 Å². The van der Waals surface area contributed by atoms with Crippen molar-refractivity contribution in [3.05, 3.63) is 51.8 Å². The molecule has 0 aliphatic rings. The lowest BCUT2D eigenvalue weighted by atomic mass is 10.1. The normalized spacial score (nSPS) is 10.6. The summed E-state index contributed by atoms with van der Waals surface area (Å²) in [5.41, 5.74) is -1.07. The van der Waals surface area contributed by atoms with Crippen LogP contribution in [0.15, 0.2) is 28.7 Å². The predicted molar refractivity (Wildman–Crippen MR) is 56.6 cm³/mol. The van der Waals surface area contributed by atoms with E-state index in [0.717, 1.165) is 6.07 Å². The lowest BCUT2D eigenvalue weighted by molar-refractivity contribution is -0.387. The molecule has 2 aromatic rings. The van der Waals surface area contributed by atoms with Gasteiger partial charge in [0.2, 0.25) is 5.82 Å². The summed E-state index contributed by atoms with van der Waals surface area (Å²) in [7, 11) is 0. The molecule has 0 fully saturated rings. The standard InChI is InChI=1S/C11H7F2NO4/c12-8-4-9(13)10(14(16)17)3-7(8)11-2-1-6(5-15)18-11/h1-4,15H,5H2. The second-order valence-corrected chi connectivity index (χ2v) is 3.46. The van der Waals surface area contributed by atoms with E-state index in [0.29, 0.717) is 6.07 Å². The van der Waals surface area contributed by atoms with Crippen molar-refractivity contribution < 1.29 is 23.2 Å². The van der Waals surface area contributed by atoms with Gasteiger partial charge in [-0.3, -0.25) is 10.1 Å². The molecular weight excluding hydrogens is 248 g/mol. The smallest absolute Gasteiger partial charge is 0.305 e. The first-order valence-electron chi connectivity index (χ1n) is 4.86. The highest BCUT2D eigenvalue weighted by molar-refractivity contribution is 5.62. The molecule has 0 saturated heterocycles. The summed E-state index contributed by atoms with van der Waals surface area (Å²) >= 11 is 0. The van der Waals surface area contributed by atoms with Crippen LogP contribution in [0.1, 0.15) is 5.76 Å². The van der Waals surface area contributed by atoms with Crippen LogP contribution in [0.5, 0.6) is 0 Å². The van der Waals surface area contributed by atoms with Crippen molar-refractivity contribution in [1.82, 2.24) is 0 Å². The molecule has 0 aliphatic heterocycles. The third-order valence-corrected chi connectivity index (χ3v) is 2.32. The molecule has 0 saturated carbocycles. The van der Waals surface area contributed by atoms with Gasteiger partial charge in [0, 0.05) is 12.1 Å². The summed E-state index contributed by atoms with van der Waals surface area (Å²) in [6, 6.07) is 3.91. The van der Waals surface area contributed by atoms with E-state index in [2.05, 4.69) is 0 Å². The fourth-order valence-corrected chi connectivity index (χ4v) is 1.47. The van der Waals surface area contributed by atoms with E-state index in [1.165, 1.54) is 12.1 Å². The van der Waals surface area contributed by atoms with Crippen LogP contribution in [0.2, 0.25) is 0 Å². The van der Waals surface area contributed by atoms with Crippen LogP contribution in [-0.2, 0) is 6.61 Å². The summed E-state index contributed by atoms with van der Waals surface area (Å²) in [6.07, 6.45) is 0. The number of hydrogen-bond donors (Lipinski definition) is 1. The summed E-state index contributed by atoms with van der Waals surface area (Å²) in [6.45, 7) is -0.384. The molecule has 94 valence electrons. The van der Waals surface area contributed by atoms with Gasteiger partial charge in [-0.2, -0.15) is 4.39 Å². The Hall–Kier alpha value is -2.28. The molecule has 0 unspecified atom stereocenters. The molecule has 0 radical (unpaired) electrons. The van der Waals surface area contributed by atoms with Gasteiger partial charge in [-0.25, -0.2) is 4.39 Å². The maximum absolute atomic E-state index is 13.5. The van der Waals surface area contributed by atoms with Crippen LogP contribution in [0.4, 0.5) is 14.5 Å². The quantitative estimate of drug-likeness (QED) is 0.675. The third-order valence-electron chi connectivity index (χ3n) is 2.32. The number of nitrogens with zero attached hydrogens (tertiary/aromatic N) is 1. The molecule has 0 spiro atoms. The Balaban J connectivity index is 2.56. The van der Waals surface area contributed by atoms with Gasteiger partial charge < -0.3 is 9.52 Å². The molecule has 0 aliphatic carbocycles. The molecule has 0 amide bonds.